The van der Waals surface area contributed by atoms with E-state index in [-0.39, 0.29) is 11.4 Å². The molecule has 0 bridgehead atoms. The SMILES string of the molecule is Cc1cc(O)ccc1-c1ccc2c(C(=O)O)nn(C)c2c1. The van der Waals surface area contributed by atoms with Crippen molar-refractivity contribution in [1.29, 1.82) is 0 Å². The maximum Gasteiger partial charge on any atom is 0.357 e. The molecule has 0 unspecified atom stereocenters. The Morgan fingerprint density at radius 3 is 2.62 bits per heavy atom. The second kappa shape index (κ2) is 4.63. The van der Waals surface area contributed by atoms with E-state index in [2.05, 4.69) is 5.10 Å². The van der Waals surface area contributed by atoms with Crippen molar-refractivity contribution in [2.45, 2.75) is 6.92 Å². The van der Waals surface area contributed by atoms with E-state index in [1.54, 1.807) is 29.9 Å². The lowest BCUT2D eigenvalue weighted by atomic mass is 9.99. The van der Waals surface area contributed by atoms with E-state index >= 15 is 0 Å². The van der Waals surface area contributed by atoms with Crippen LogP contribution in [-0.2, 0) is 7.05 Å². The smallest absolute Gasteiger partial charge is 0.357 e. The molecule has 5 nitrogen and oxygen atoms in total. The Morgan fingerprint density at radius 1 is 1.19 bits per heavy atom. The first-order chi connectivity index (χ1) is 9.97. The Morgan fingerprint density at radius 2 is 1.95 bits per heavy atom. The third-order valence-corrected chi connectivity index (χ3v) is 3.58. The van der Waals surface area contributed by atoms with Gasteiger partial charge in [0.25, 0.3) is 0 Å². The van der Waals surface area contributed by atoms with Gasteiger partial charge in [-0.15, -0.1) is 0 Å². The summed E-state index contributed by atoms with van der Waals surface area (Å²) in [5, 5.41) is 23.3. The van der Waals surface area contributed by atoms with Crippen LogP contribution in [0.4, 0.5) is 0 Å². The molecular formula is C16H14N2O3. The van der Waals surface area contributed by atoms with Crippen molar-refractivity contribution >= 4 is 16.9 Å². The zero-order valence-electron chi connectivity index (χ0n) is 11.7. The molecule has 0 saturated heterocycles. The maximum absolute atomic E-state index is 11.2. The normalized spacial score (nSPS) is 11.0. The summed E-state index contributed by atoms with van der Waals surface area (Å²) in [5.74, 6) is -0.805. The first kappa shape index (κ1) is 13.2. The number of nitrogens with zero attached hydrogens (tertiary/aromatic N) is 2. The third kappa shape index (κ3) is 2.12. The standard InChI is InChI=1S/C16H14N2O3/c1-9-7-11(19)4-6-12(9)10-3-5-13-14(8-10)18(2)17-15(13)16(20)21/h3-8,19H,1-2H3,(H,20,21). The number of phenolic OH excluding ortho intramolecular Hbond substituents is 1. The van der Waals surface area contributed by atoms with Gasteiger partial charge in [0, 0.05) is 12.4 Å². The molecule has 2 aromatic carbocycles. The largest absolute Gasteiger partial charge is 0.508 e. The Labute approximate surface area is 121 Å². The van der Waals surface area contributed by atoms with E-state index < -0.39 is 5.97 Å². The number of aromatic nitrogens is 2. The number of phenols is 1. The fourth-order valence-electron chi connectivity index (χ4n) is 2.55. The third-order valence-electron chi connectivity index (χ3n) is 3.58. The molecular weight excluding hydrogens is 268 g/mol. The number of fused-ring (bicyclic) bond motifs is 1. The minimum Gasteiger partial charge on any atom is -0.508 e. The van der Waals surface area contributed by atoms with Crippen molar-refractivity contribution < 1.29 is 15.0 Å². The van der Waals surface area contributed by atoms with Gasteiger partial charge in [-0.05, 0) is 47.9 Å². The lowest BCUT2D eigenvalue weighted by Crippen LogP contribution is -1.99. The summed E-state index contributed by atoms with van der Waals surface area (Å²) in [6, 6.07) is 10.7. The first-order valence-electron chi connectivity index (χ1n) is 6.47. The highest BCUT2D eigenvalue weighted by Gasteiger charge is 2.15. The zero-order valence-corrected chi connectivity index (χ0v) is 11.7. The second-order valence-electron chi connectivity index (χ2n) is 5.01. The summed E-state index contributed by atoms with van der Waals surface area (Å²) in [7, 11) is 1.72. The molecule has 1 aromatic heterocycles. The second-order valence-corrected chi connectivity index (χ2v) is 5.01. The molecule has 0 radical (unpaired) electrons. The van der Waals surface area contributed by atoms with Crippen LogP contribution in [0.5, 0.6) is 5.75 Å². The number of aryl methyl sites for hydroxylation is 2. The van der Waals surface area contributed by atoms with Gasteiger partial charge in [0.2, 0.25) is 0 Å². The van der Waals surface area contributed by atoms with Gasteiger partial charge >= 0.3 is 5.97 Å². The molecule has 0 atom stereocenters. The first-order valence-corrected chi connectivity index (χ1v) is 6.47. The summed E-state index contributed by atoms with van der Waals surface area (Å²) in [6.45, 7) is 1.92. The van der Waals surface area contributed by atoms with Crippen molar-refractivity contribution in [3.63, 3.8) is 0 Å². The molecule has 3 aromatic rings. The van der Waals surface area contributed by atoms with Crippen LogP contribution in [0.3, 0.4) is 0 Å². The van der Waals surface area contributed by atoms with E-state index in [0.29, 0.717) is 5.39 Å². The van der Waals surface area contributed by atoms with Crippen LogP contribution in [0.25, 0.3) is 22.0 Å². The van der Waals surface area contributed by atoms with Crippen molar-refractivity contribution in [3.05, 3.63) is 47.7 Å². The zero-order chi connectivity index (χ0) is 15.1. The van der Waals surface area contributed by atoms with Gasteiger partial charge in [-0.3, -0.25) is 4.68 Å². The van der Waals surface area contributed by atoms with Crippen molar-refractivity contribution in [2.75, 3.05) is 0 Å². The van der Waals surface area contributed by atoms with E-state index in [9.17, 15) is 9.90 Å². The molecule has 0 aliphatic carbocycles. The monoisotopic (exact) mass is 282 g/mol. The summed E-state index contributed by atoms with van der Waals surface area (Å²) < 4.78 is 1.57. The van der Waals surface area contributed by atoms with E-state index in [1.807, 2.05) is 25.1 Å². The number of carboxylic acid groups (broad SMARTS) is 1. The van der Waals surface area contributed by atoms with Crippen LogP contribution in [0.15, 0.2) is 36.4 Å². The minimum absolute atomic E-state index is 0.0569. The fourth-order valence-corrected chi connectivity index (χ4v) is 2.55. The lowest BCUT2D eigenvalue weighted by molar-refractivity contribution is 0.0691. The molecule has 3 rings (SSSR count). The van der Waals surface area contributed by atoms with Crippen LogP contribution < -0.4 is 0 Å². The number of rotatable bonds is 2. The number of hydrogen-bond acceptors (Lipinski definition) is 3. The average molecular weight is 282 g/mol. The molecule has 106 valence electrons. The van der Waals surface area contributed by atoms with Crippen LogP contribution in [0.1, 0.15) is 16.1 Å². The minimum atomic E-state index is -1.03. The topological polar surface area (TPSA) is 75.3 Å². The van der Waals surface area contributed by atoms with E-state index in [4.69, 9.17) is 5.11 Å². The Balaban J connectivity index is 2.22. The summed E-state index contributed by atoms with van der Waals surface area (Å²) in [6.07, 6.45) is 0. The number of aromatic hydroxyl groups is 1. The highest BCUT2D eigenvalue weighted by atomic mass is 16.4. The van der Waals surface area contributed by atoms with E-state index in [1.165, 1.54) is 0 Å². The Hall–Kier alpha value is -2.82. The summed E-state index contributed by atoms with van der Waals surface area (Å²) in [5.41, 5.74) is 3.72. The fraction of sp³-hybridized carbons (Fsp3) is 0.125. The predicted octanol–water partition coefficient (Wildman–Crippen LogP) is 2.95. The predicted molar refractivity (Wildman–Crippen MR) is 79.5 cm³/mol. The Kier molecular flexibility index (Phi) is 2.90. The lowest BCUT2D eigenvalue weighted by Gasteiger charge is -2.07. The molecule has 2 N–H and O–H groups in total. The van der Waals surface area contributed by atoms with Gasteiger partial charge in [-0.25, -0.2) is 4.79 Å². The van der Waals surface area contributed by atoms with Crippen LogP contribution in [0.2, 0.25) is 0 Å². The van der Waals surface area contributed by atoms with Gasteiger partial charge < -0.3 is 10.2 Å². The molecule has 0 saturated carbocycles. The van der Waals surface area contributed by atoms with Gasteiger partial charge in [0.05, 0.1) is 5.52 Å². The molecule has 1 heterocycles. The summed E-state index contributed by atoms with van der Waals surface area (Å²) in [4.78, 5) is 11.2. The number of aromatic carboxylic acids is 1. The van der Waals surface area contributed by atoms with Gasteiger partial charge in [0.1, 0.15) is 5.75 Å². The van der Waals surface area contributed by atoms with Crippen LogP contribution >= 0.6 is 0 Å². The number of carbonyl (C=O) groups is 1. The van der Waals surface area contributed by atoms with E-state index in [0.717, 1.165) is 22.2 Å². The molecule has 0 spiro atoms. The van der Waals surface area contributed by atoms with Gasteiger partial charge in [0.15, 0.2) is 5.69 Å². The number of hydrogen-bond donors (Lipinski definition) is 2. The number of benzene rings is 2. The average Bonchev–Trinajstić information content (AvgIpc) is 2.76. The molecule has 5 heteroatoms. The van der Waals surface area contributed by atoms with Gasteiger partial charge in [-0.1, -0.05) is 12.1 Å². The van der Waals surface area contributed by atoms with Crippen molar-refractivity contribution in [1.82, 2.24) is 9.78 Å². The summed E-state index contributed by atoms with van der Waals surface area (Å²) >= 11 is 0. The highest BCUT2D eigenvalue weighted by Crippen LogP contribution is 2.30. The van der Waals surface area contributed by atoms with Crippen molar-refractivity contribution in [3.8, 4) is 16.9 Å². The number of carboxylic acids is 1. The Bertz CT molecular complexity index is 865. The molecule has 0 fully saturated rings. The molecule has 21 heavy (non-hydrogen) atoms. The quantitative estimate of drug-likeness (QED) is 0.757. The van der Waals surface area contributed by atoms with Crippen molar-refractivity contribution in [2.24, 2.45) is 7.05 Å². The molecule has 0 amide bonds. The highest BCUT2D eigenvalue weighted by molar-refractivity contribution is 6.02. The van der Waals surface area contributed by atoms with Crippen LogP contribution in [-0.4, -0.2) is 26.0 Å². The molecule has 0 aliphatic heterocycles. The van der Waals surface area contributed by atoms with Crippen LogP contribution in [0, 0.1) is 6.92 Å². The van der Waals surface area contributed by atoms with Gasteiger partial charge in [-0.2, -0.15) is 5.10 Å². The maximum atomic E-state index is 11.2. The molecule has 0 aliphatic rings.